The number of halogens is 2. The molecule has 0 spiro atoms. The summed E-state index contributed by atoms with van der Waals surface area (Å²) in [5.74, 6) is 1.73. The Labute approximate surface area is 112 Å². The number of hydrogen-bond acceptors (Lipinski definition) is 4. The zero-order valence-electron chi connectivity index (χ0n) is 9.18. The summed E-state index contributed by atoms with van der Waals surface area (Å²) in [6.45, 7) is 0.493. The van der Waals surface area contributed by atoms with E-state index in [0.29, 0.717) is 17.4 Å². The minimum absolute atomic E-state index is 0.294. The van der Waals surface area contributed by atoms with Gasteiger partial charge in [-0.15, -0.1) is 11.6 Å². The van der Waals surface area contributed by atoms with Crippen LogP contribution in [0.2, 0.25) is 5.02 Å². The molecule has 0 saturated heterocycles. The van der Waals surface area contributed by atoms with E-state index in [1.54, 1.807) is 24.5 Å². The molecule has 0 saturated carbocycles. The fourth-order valence-corrected chi connectivity index (χ4v) is 2.14. The van der Waals surface area contributed by atoms with Crippen molar-refractivity contribution in [3.63, 3.8) is 0 Å². The van der Waals surface area contributed by atoms with Gasteiger partial charge in [0.15, 0.2) is 11.4 Å². The summed E-state index contributed by atoms with van der Waals surface area (Å²) in [7, 11) is 0. The molecule has 0 bridgehead atoms. The van der Waals surface area contributed by atoms with E-state index in [1.807, 2.05) is 4.57 Å². The van der Waals surface area contributed by atoms with Crippen molar-refractivity contribution in [2.24, 2.45) is 0 Å². The number of hydrogen-bond donors (Lipinski definition) is 0. The highest BCUT2D eigenvalue weighted by atomic mass is 35.5. The zero-order chi connectivity index (χ0) is 12.5. The standard InChI is InChI=1S/C11H8Cl2N4O/c12-4-10-16-9-3-7(13)5-14-11(9)17(10)6-8-1-2-15-18-8/h1-3,5H,4,6H2. The van der Waals surface area contributed by atoms with Gasteiger partial charge in [0, 0.05) is 12.3 Å². The van der Waals surface area contributed by atoms with E-state index in [1.165, 1.54) is 0 Å². The molecule has 0 fully saturated rings. The van der Waals surface area contributed by atoms with Crippen LogP contribution in [-0.2, 0) is 12.4 Å². The Morgan fingerprint density at radius 3 is 3.00 bits per heavy atom. The van der Waals surface area contributed by atoms with Crippen LogP contribution >= 0.6 is 23.2 Å². The SMILES string of the molecule is ClCc1nc2cc(Cl)cnc2n1Cc1ccno1. The molecule has 92 valence electrons. The third-order valence-corrected chi connectivity index (χ3v) is 3.00. The lowest BCUT2D eigenvalue weighted by Crippen LogP contribution is -2.03. The molecule has 3 heterocycles. The summed E-state index contributed by atoms with van der Waals surface area (Å²) in [4.78, 5) is 8.67. The molecule has 3 aromatic rings. The number of alkyl halides is 1. The molecule has 0 aliphatic rings. The Kier molecular flexibility index (Phi) is 2.93. The Bertz CT molecular complexity index is 678. The Morgan fingerprint density at radius 2 is 2.28 bits per heavy atom. The normalized spacial score (nSPS) is 11.2. The minimum atomic E-state index is 0.294. The molecule has 5 nitrogen and oxygen atoms in total. The van der Waals surface area contributed by atoms with Gasteiger partial charge in [0.2, 0.25) is 0 Å². The summed E-state index contributed by atoms with van der Waals surface area (Å²) < 4.78 is 6.97. The summed E-state index contributed by atoms with van der Waals surface area (Å²) in [6, 6.07) is 3.55. The van der Waals surface area contributed by atoms with Crippen LogP contribution in [0.5, 0.6) is 0 Å². The molecular formula is C11H8Cl2N4O. The lowest BCUT2D eigenvalue weighted by atomic mass is 10.4. The van der Waals surface area contributed by atoms with Crippen molar-refractivity contribution in [2.45, 2.75) is 12.4 Å². The summed E-state index contributed by atoms with van der Waals surface area (Å²) in [5, 5.41) is 4.22. The first-order valence-electron chi connectivity index (χ1n) is 5.24. The second-order valence-electron chi connectivity index (χ2n) is 3.72. The monoisotopic (exact) mass is 282 g/mol. The van der Waals surface area contributed by atoms with Crippen LogP contribution < -0.4 is 0 Å². The smallest absolute Gasteiger partial charge is 0.160 e. The average Bonchev–Trinajstić information content (AvgIpc) is 2.97. The molecule has 3 aromatic heterocycles. The molecule has 0 amide bonds. The van der Waals surface area contributed by atoms with Crippen LogP contribution in [0.3, 0.4) is 0 Å². The first-order valence-corrected chi connectivity index (χ1v) is 6.15. The average molecular weight is 283 g/mol. The number of imidazole rings is 1. The second kappa shape index (κ2) is 4.59. The van der Waals surface area contributed by atoms with Gasteiger partial charge in [-0.05, 0) is 6.07 Å². The molecule has 0 aliphatic carbocycles. The summed E-state index contributed by atoms with van der Waals surface area (Å²) in [6.07, 6.45) is 3.18. The molecule has 0 aromatic carbocycles. The highest BCUT2D eigenvalue weighted by molar-refractivity contribution is 6.31. The van der Waals surface area contributed by atoms with Gasteiger partial charge < -0.3 is 9.09 Å². The molecular weight excluding hydrogens is 275 g/mol. The maximum atomic E-state index is 5.89. The van der Waals surface area contributed by atoms with Crippen molar-refractivity contribution in [3.05, 3.63) is 41.1 Å². The largest absolute Gasteiger partial charge is 0.359 e. The van der Waals surface area contributed by atoms with Gasteiger partial charge in [0.25, 0.3) is 0 Å². The number of aromatic nitrogens is 4. The second-order valence-corrected chi connectivity index (χ2v) is 4.43. The van der Waals surface area contributed by atoms with E-state index in [4.69, 9.17) is 27.7 Å². The number of nitrogens with zero attached hydrogens (tertiary/aromatic N) is 4. The maximum Gasteiger partial charge on any atom is 0.160 e. The molecule has 7 heteroatoms. The Morgan fingerprint density at radius 1 is 1.39 bits per heavy atom. The molecule has 0 radical (unpaired) electrons. The summed E-state index contributed by atoms with van der Waals surface area (Å²) in [5.41, 5.74) is 1.45. The van der Waals surface area contributed by atoms with Gasteiger partial charge in [0.05, 0.1) is 23.6 Å². The van der Waals surface area contributed by atoms with E-state index in [0.717, 1.165) is 22.7 Å². The maximum absolute atomic E-state index is 5.89. The molecule has 18 heavy (non-hydrogen) atoms. The fraction of sp³-hybridized carbons (Fsp3) is 0.182. The van der Waals surface area contributed by atoms with Crippen LogP contribution in [0.25, 0.3) is 11.2 Å². The highest BCUT2D eigenvalue weighted by Gasteiger charge is 2.13. The van der Waals surface area contributed by atoms with Crippen LogP contribution in [0, 0.1) is 0 Å². The van der Waals surface area contributed by atoms with Crippen molar-refractivity contribution in [3.8, 4) is 0 Å². The van der Waals surface area contributed by atoms with Gasteiger partial charge in [-0.3, -0.25) is 0 Å². The molecule has 0 aliphatic heterocycles. The lowest BCUT2D eigenvalue weighted by molar-refractivity contribution is 0.376. The van der Waals surface area contributed by atoms with Crippen LogP contribution in [0.4, 0.5) is 0 Å². The van der Waals surface area contributed by atoms with E-state index < -0.39 is 0 Å². The number of pyridine rings is 1. The quantitative estimate of drug-likeness (QED) is 0.693. The van der Waals surface area contributed by atoms with Gasteiger partial charge in [-0.25, -0.2) is 9.97 Å². The fourth-order valence-electron chi connectivity index (χ4n) is 1.78. The third kappa shape index (κ3) is 1.95. The minimum Gasteiger partial charge on any atom is -0.359 e. The predicted molar refractivity (Wildman–Crippen MR) is 67.7 cm³/mol. The van der Waals surface area contributed by atoms with E-state index in [-0.39, 0.29) is 0 Å². The van der Waals surface area contributed by atoms with Crippen molar-refractivity contribution < 1.29 is 4.52 Å². The number of fused-ring (bicyclic) bond motifs is 1. The van der Waals surface area contributed by atoms with Crippen LogP contribution in [0.1, 0.15) is 11.6 Å². The van der Waals surface area contributed by atoms with Crippen LogP contribution in [0.15, 0.2) is 29.0 Å². The topological polar surface area (TPSA) is 56.7 Å². The van der Waals surface area contributed by atoms with E-state index in [2.05, 4.69) is 15.1 Å². The van der Waals surface area contributed by atoms with Crippen molar-refractivity contribution in [1.82, 2.24) is 19.7 Å². The molecule has 3 rings (SSSR count). The first kappa shape index (κ1) is 11.5. The molecule has 0 atom stereocenters. The van der Waals surface area contributed by atoms with Gasteiger partial charge >= 0.3 is 0 Å². The summed E-state index contributed by atoms with van der Waals surface area (Å²) >= 11 is 11.8. The van der Waals surface area contributed by atoms with Crippen molar-refractivity contribution >= 4 is 34.4 Å². The first-order chi connectivity index (χ1) is 8.78. The van der Waals surface area contributed by atoms with Gasteiger partial charge in [-0.2, -0.15) is 0 Å². The molecule has 0 unspecified atom stereocenters. The third-order valence-electron chi connectivity index (χ3n) is 2.56. The van der Waals surface area contributed by atoms with E-state index >= 15 is 0 Å². The Balaban J connectivity index is 2.13. The lowest BCUT2D eigenvalue weighted by Gasteiger charge is -2.03. The Hall–Kier alpha value is -1.59. The highest BCUT2D eigenvalue weighted by Crippen LogP contribution is 2.20. The number of rotatable bonds is 3. The van der Waals surface area contributed by atoms with Crippen molar-refractivity contribution in [1.29, 1.82) is 0 Å². The molecule has 0 N–H and O–H groups in total. The van der Waals surface area contributed by atoms with Gasteiger partial charge in [-0.1, -0.05) is 16.8 Å². The van der Waals surface area contributed by atoms with Gasteiger partial charge in [0.1, 0.15) is 11.3 Å². The van der Waals surface area contributed by atoms with E-state index in [9.17, 15) is 0 Å². The zero-order valence-corrected chi connectivity index (χ0v) is 10.7. The van der Waals surface area contributed by atoms with Crippen LogP contribution in [-0.4, -0.2) is 19.7 Å². The van der Waals surface area contributed by atoms with Crippen molar-refractivity contribution in [2.75, 3.05) is 0 Å². The predicted octanol–water partition coefficient (Wildman–Crippen LogP) is 2.86.